The Morgan fingerprint density at radius 1 is 0.732 bits per heavy atom. The van der Waals surface area contributed by atoms with Crippen molar-refractivity contribution in [2.24, 2.45) is 0 Å². The summed E-state index contributed by atoms with van der Waals surface area (Å²) in [6, 6.07) is 25.5. The molecule has 0 radical (unpaired) electrons. The van der Waals surface area contributed by atoms with E-state index in [1.807, 2.05) is 68.4 Å². The number of hydrogen-bond donors (Lipinski definition) is 3. The first kappa shape index (κ1) is 43.0. The van der Waals surface area contributed by atoms with Gasteiger partial charge in [-0.1, -0.05) is 18.2 Å². The number of para-hydroxylation sites is 2. The fourth-order valence-electron chi connectivity index (χ4n) is 5.22. The molecular weight excluding hydrogens is 845 g/mol. The Morgan fingerprint density at radius 3 is 1.80 bits per heavy atom. The maximum absolute atomic E-state index is 11.8. The van der Waals surface area contributed by atoms with Gasteiger partial charge in [-0.2, -0.15) is 0 Å². The quantitative estimate of drug-likeness (QED) is 0.0826. The number of carbonyl (C=O) groups excluding carboxylic acids is 1. The second-order valence-corrected chi connectivity index (χ2v) is 15.9. The summed E-state index contributed by atoms with van der Waals surface area (Å²) < 4.78 is 18.0. The van der Waals surface area contributed by atoms with E-state index in [2.05, 4.69) is 19.7 Å². The number of rotatable bonds is 9. The molecule has 6 aromatic rings. The molecule has 6 rings (SSSR count). The van der Waals surface area contributed by atoms with E-state index in [1.165, 1.54) is 7.11 Å². The van der Waals surface area contributed by atoms with Crippen LogP contribution in [-0.4, -0.2) is 94.0 Å². The van der Waals surface area contributed by atoms with E-state index >= 15 is 0 Å². The van der Waals surface area contributed by atoms with Crippen LogP contribution in [0.3, 0.4) is 0 Å². The Labute approximate surface area is 337 Å². The Kier molecular flexibility index (Phi) is 15.5. The molecule has 12 nitrogen and oxygen atoms in total. The topological polar surface area (TPSA) is 157 Å². The predicted molar refractivity (Wildman–Crippen MR) is 218 cm³/mol. The van der Waals surface area contributed by atoms with Crippen LogP contribution in [0.2, 0.25) is 0 Å². The van der Waals surface area contributed by atoms with Gasteiger partial charge in [-0.05, 0) is 6.07 Å². The van der Waals surface area contributed by atoms with Crippen molar-refractivity contribution in [3.8, 4) is 42.9 Å². The van der Waals surface area contributed by atoms with Gasteiger partial charge in [0.1, 0.15) is 5.75 Å². The summed E-state index contributed by atoms with van der Waals surface area (Å²) >= 11 is -0.522. The van der Waals surface area contributed by atoms with E-state index in [9.17, 15) is 14.7 Å². The number of carboxylic acid groups (broad SMARTS) is 1. The van der Waals surface area contributed by atoms with Crippen LogP contribution in [0.25, 0.3) is 41.1 Å². The normalized spacial score (nSPS) is 10.0. The number of carboxylic acids is 1. The van der Waals surface area contributed by atoms with E-state index in [0.29, 0.717) is 49.5 Å². The maximum atomic E-state index is 11.8. The molecule has 0 saturated heterocycles. The Morgan fingerprint density at radius 2 is 1.27 bits per heavy atom. The molecule has 56 heavy (non-hydrogen) atoms. The van der Waals surface area contributed by atoms with Crippen LogP contribution in [0, 0.1) is 33.9 Å². The molecule has 0 fully saturated rings. The molecule has 0 aliphatic carbocycles. The van der Waals surface area contributed by atoms with Crippen molar-refractivity contribution in [2.45, 2.75) is 27.7 Å². The van der Waals surface area contributed by atoms with Crippen molar-refractivity contribution < 1.29 is 39.0 Å². The average Bonchev–Trinajstić information content (AvgIpc) is 3.80. The summed E-state index contributed by atoms with van der Waals surface area (Å²) in [5.41, 5.74) is 7.06. The third-order valence-electron chi connectivity index (χ3n) is 8.00. The number of ether oxygens (including phenoxy) is 3. The molecule has 0 atom stereocenters. The molecule has 2 aromatic heterocycles. The molecule has 4 aromatic carbocycles. The summed E-state index contributed by atoms with van der Waals surface area (Å²) in [5.74, 6) is -0.00990. The van der Waals surface area contributed by atoms with Gasteiger partial charge >= 0.3 is 281 Å². The fourth-order valence-corrected chi connectivity index (χ4v) is 9.12. The van der Waals surface area contributed by atoms with Gasteiger partial charge < -0.3 is 14.8 Å². The second kappa shape index (κ2) is 20.2. The SMILES string of the molecule is COc1ccccc1B(O)O.[C-]#[N+]c1cc(-c2nc(C)c(C(=O)O)[se]2)ccc1-c1ccccc1OC.[C-]#[N+]c1cc(-c2nc(C)c(C(=O)OCC)[se]2)ccc1C. The van der Waals surface area contributed by atoms with Gasteiger partial charge in [0.15, 0.2) is 0 Å². The number of aryl methyl sites for hydroxylation is 3. The minimum absolute atomic E-state index is 0.162. The van der Waals surface area contributed by atoms with Crippen molar-refractivity contribution in [3.05, 3.63) is 134 Å². The van der Waals surface area contributed by atoms with E-state index in [-0.39, 0.29) is 35.0 Å². The zero-order chi connectivity index (χ0) is 40.9. The van der Waals surface area contributed by atoms with Gasteiger partial charge in [0.2, 0.25) is 0 Å². The first-order valence-electron chi connectivity index (χ1n) is 16.8. The van der Waals surface area contributed by atoms with Crippen LogP contribution in [0.4, 0.5) is 11.4 Å². The molecule has 0 amide bonds. The Hall–Kier alpha value is -5.76. The van der Waals surface area contributed by atoms with Gasteiger partial charge in [0.05, 0.1) is 7.11 Å². The fraction of sp³-hybridized carbons (Fsp3) is 0.171. The number of esters is 1. The summed E-state index contributed by atoms with van der Waals surface area (Å²) in [7, 11) is 1.62. The van der Waals surface area contributed by atoms with Gasteiger partial charge in [-0.15, -0.1) is 0 Å². The molecule has 284 valence electrons. The first-order chi connectivity index (χ1) is 26.9. The standard InChI is InChI=1S/C19H14N2O3Se.C15H14N2O2Se.C7H9BO3/c1-11-17(19(22)23)25-18(21-11)12-8-9-13(15(10-12)20-2)14-6-4-5-7-16(14)24-3;1-5-19-15(18)13-10(3)17-14(20-13)11-7-6-9(2)12(8-11)16-4;1-11-7-5-3-2-4-6(7)8(9)10/h4-10H,1,3H3,(H,22,23);6-8H,5H2,1-3H3;2-5,9-10H,1H3. The number of aromatic carboxylic acids is 1. The Bertz CT molecular complexity index is 2430. The Balaban J connectivity index is 0.000000200. The monoisotopic (exact) mass is 884 g/mol. The molecule has 0 aliphatic rings. The van der Waals surface area contributed by atoms with E-state index in [0.717, 1.165) is 42.6 Å². The third kappa shape index (κ3) is 10.5. The number of carbonyl (C=O) groups is 2. The molecule has 15 heteroatoms. The third-order valence-corrected chi connectivity index (χ3v) is 13.0. The number of methoxy groups -OCH3 is 2. The second-order valence-electron chi connectivity index (χ2n) is 11.7. The van der Waals surface area contributed by atoms with Crippen LogP contribution < -0.4 is 14.9 Å². The molecule has 0 unspecified atom stereocenters. The summed E-state index contributed by atoms with van der Waals surface area (Å²) in [4.78, 5) is 39.1. The molecule has 0 spiro atoms. The number of benzene rings is 4. The van der Waals surface area contributed by atoms with Gasteiger partial charge in [-0.3, -0.25) is 0 Å². The van der Waals surface area contributed by atoms with Gasteiger partial charge in [-0.25, -0.2) is 0 Å². The zero-order valence-electron chi connectivity index (χ0n) is 31.4. The molecule has 0 aliphatic heterocycles. The van der Waals surface area contributed by atoms with Crippen LogP contribution >= 0.6 is 0 Å². The number of hydrogen-bond acceptors (Lipinski definition) is 9. The zero-order valence-corrected chi connectivity index (χ0v) is 34.8. The van der Waals surface area contributed by atoms with E-state index in [1.54, 1.807) is 51.3 Å². The van der Waals surface area contributed by atoms with E-state index in [4.69, 9.17) is 37.4 Å². The van der Waals surface area contributed by atoms with E-state index < -0.39 is 13.1 Å². The predicted octanol–water partition coefficient (Wildman–Crippen LogP) is 6.56. The molecule has 3 N–H and O–H groups in total. The average molecular weight is 882 g/mol. The minimum atomic E-state index is -1.47. The van der Waals surface area contributed by atoms with Crippen LogP contribution in [0.15, 0.2) is 84.9 Å². The summed E-state index contributed by atoms with van der Waals surface area (Å²) in [6.45, 7) is 22.3. The van der Waals surface area contributed by atoms with Crippen LogP contribution in [0.5, 0.6) is 11.5 Å². The summed E-state index contributed by atoms with van der Waals surface area (Å²) in [6.07, 6.45) is 0. The molecule has 0 saturated carbocycles. The van der Waals surface area contributed by atoms with Gasteiger partial charge in [0.25, 0.3) is 0 Å². The molecular formula is C41H37BN4O8Se2. The van der Waals surface area contributed by atoms with Crippen molar-refractivity contribution in [1.29, 1.82) is 0 Å². The summed E-state index contributed by atoms with van der Waals surface area (Å²) in [5, 5.41) is 26.8. The first-order valence-corrected chi connectivity index (χ1v) is 20.3. The number of aromatic nitrogens is 2. The number of nitrogens with zero attached hydrogens (tertiary/aromatic N) is 4. The molecule has 0 bridgehead atoms. The van der Waals surface area contributed by atoms with Gasteiger partial charge in [0, 0.05) is 5.46 Å². The molecule has 2 heterocycles. The van der Waals surface area contributed by atoms with Crippen molar-refractivity contribution in [3.63, 3.8) is 0 Å². The van der Waals surface area contributed by atoms with Crippen LogP contribution in [0.1, 0.15) is 42.3 Å². The van der Waals surface area contributed by atoms with Crippen LogP contribution in [-0.2, 0) is 4.74 Å². The van der Waals surface area contributed by atoms with Crippen molar-refractivity contribution in [1.82, 2.24) is 9.97 Å². The van der Waals surface area contributed by atoms with Crippen molar-refractivity contribution in [2.75, 3.05) is 20.8 Å². The van der Waals surface area contributed by atoms with Crippen molar-refractivity contribution >= 4 is 64.9 Å².